The van der Waals surface area contributed by atoms with Crippen molar-refractivity contribution in [3.63, 3.8) is 0 Å². The highest BCUT2D eigenvalue weighted by molar-refractivity contribution is 5.80. The van der Waals surface area contributed by atoms with E-state index < -0.39 is 0 Å². The molecular formula is C21H35N5. The van der Waals surface area contributed by atoms with Crippen LogP contribution in [0.4, 0.5) is 5.69 Å². The molecule has 5 heteroatoms. The second-order valence-corrected chi connectivity index (χ2v) is 7.45. The van der Waals surface area contributed by atoms with E-state index in [0.717, 1.165) is 71.3 Å². The topological polar surface area (TPSA) is 34.1 Å². The van der Waals surface area contributed by atoms with Gasteiger partial charge in [-0.15, -0.1) is 0 Å². The first-order valence-corrected chi connectivity index (χ1v) is 10.3. The van der Waals surface area contributed by atoms with Gasteiger partial charge in [0.05, 0.1) is 0 Å². The van der Waals surface area contributed by atoms with Gasteiger partial charge in [0, 0.05) is 64.6 Å². The highest BCUT2D eigenvalue weighted by Crippen LogP contribution is 2.17. The molecule has 2 heterocycles. The Morgan fingerprint density at radius 2 is 1.85 bits per heavy atom. The first-order valence-electron chi connectivity index (χ1n) is 10.3. The third kappa shape index (κ3) is 5.37. The highest BCUT2D eigenvalue weighted by atomic mass is 15.3. The molecule has 1 aromatic carbocycles. The Hall–Kier alpha value is -1.75. The molecule has 0 radical (unpaired) electrons. The number of aliphatic imine (C=N–C) groups is 1. The number of anilines is 1. The lowest BCUT2D eigenvalue weighted by molar-refractivity contribution is 0.256. The Morgan fingerprint density at radius 1 is 1.08 bits per heavy atom. The molecule has 2 aliphatic rings. The fraction of sp³-hybridized carbons (Fsp3) is 0.667. The number of likely N-dealkylation sites (tertiary alicyclic amines) is 1. The lowest BCUT2D eigenvalue weighted by Gasteiger charge is -2.36. The van der Waals surface area contributed by atoms with Crippen LogP contribution in [0.2, 0.25) is 0 Å². The van der Waals surface area contributed by atoms with Gasteiger partial charge in [-0.3, -0.25) is 9.89 Å². The minimum atomic E-state index is 0.928. The molecule has 2 fully saturated rings. The van der Waals surface area contributed by atoms with E-state index >= 15 is 0 Å². The molecular weight excluding hydrogens is 322 g/mol. The maximum Gasteiger partial charge on any atom is 0.193 e. The van der Waals surface area contributed by atoms with Crippen LogP contribution in [0.1, 0.15) is 31.7 Å². The maximum absolute atomic E-state index is 4.85. The van der Waals surface area contributed by atoms with Crippen molar-refractivity contribution in [2.24, 2.45) is 4.99 Å². The van der Waals surface area contributed by atoms with Crippen LogP contribution in [-0.4, -0.2) is 74.7 Å². The molecule has 0 spiro atoms. The first kappa shape index (κ1) is 19.0. The van der Waals surface area contributed by atoms with Gasteiger partial charge < -0.3 is 15.1 Å². The summed E-state index contributed by atoms with van der Waals surface area (Å²) in [5.41, 5.74) is 2.72. The van der Waals surface area contributed by atoms with E-state index in [4.69, 9.17) is 4.99 Å². The fourth-order valence-corrected chi connectivity index (χ4v) is 3.89. The summed E-state index contributed by atoms with van der Waals surface area (Å²) in [6.07, 6.45) is 3.75. The standard InChI is InChI=1S/C21H35N5/c1-3-22-21(26-12-4-5-13-26)23-10-7-11-24-14-16-25(17-15-24)20-9-6-8-19(2)18-20/h6,8-9,18H,3-5,7,10-17H2,1-2H3,(H,22,23). The third-order valence-electron chi connectivity index (χ3n) is 5.37. The summed E-state index contributed by atoms with van der Waals surface area (Å²) in [5.74, 6) is 1.12. The fourth-order valence-electron chi connectivity index (χ4n) is 3.89. The lowest BCUT2D eigenvalue weighted by atomic mass is 10.2. The Morgan fingerprint density at radius 3 is 2.54 bits per heavy atom. The van der Waals surface area contributed by atoms with E-state index in [-0.39, 0.29) is 0 Å². The molecule has 144 valence electrons. The molecule has 0 unspecified atom stereocenters. The van der Waals surface area contributed by atoms with Crippen molar-refractivity contribution in [3.05, 3.63) is 29.8 Å². The second-order valence-electron chi connectivity index (χ2n) is 7.45. The first-order chi connectivity index (χ1) is 12.8. The van der Waals surface area contributed by atoms with Crippen LogP contribution in [0, 0.1) is 6.92 Å². The Labute approximate surface area is 159 Å². The van der Waals surface area contributed by atoms with Gasteiger partial charge in [0.25, 0.3) is 0 Å². The zero-order valence-electron chi connectivity index (χ0n) is 16.6. The quantitative estimate of drug-likeness (QED) is 0.482. The Bertz CT molecular complexity index is 572. The molecule has 5 nitrogen and oxygen atoms in total. The summed E-state index contributed by atoms with van der Waals surface area (Å²) < 4.78 is 0. The van der Waals surface area contributed by atoms with Crippen molar-refractivity contribution in [3.8, 4) is 0 Å². The minimum absolute atomic E-state index is 0.928. The van der Waals surface area contributed by atoms with Gasteiger partial charge in [0.15, 0.2) is 5.96 Å². The summed E-state index contributed by atoms with van der Waals surface area (Å²) in [4.78, 5) is 12.4. The molecule has 26 heavy (non-hydrogen) atoms. The van der Waals surface area contributed by atoms with Crippen molar-refractivity contribution >= 4 is 11.6 Å². The molecule has 2 aliphatic heterocycles. The van der Waals surface area contributed by atoms with Crippen molar-refractivity contribution in [1.29, 1.82) is 0 Å². The van der Waals surface area contributed by atoms with E-state index in [2.05, 4.69) is 58.1 Å². The average Bonchev–Trinajstić information content (AvgIpc) is 3.19. The van der Waals surface area contributed by atoms with Crippen molar-refractivity contribution in [2.75, 3.05) is 63.8 Å². The number of aryl methyl sites for hydroxylation is 1. The van der Waals surface area contributed by atoms with Gasteiger partial charge in [-0.05, 0) is 50.8 Å². The Balaban J connectivity index is 1.38. The number of rotatable bonds is 6. The predicted molar refractivity (Wildman–Crippen MR) is 111 cm³/mol. The van der Waals surface area contributed by atoms with E-state index in [9.17, 15) is 0 Å². The van der Waals surface area contributed by atoms with Gasteiger partial charge in [-0.2, -0.15) is 0 Å². The zero-order chi connectivity index (χ0) is 18.2. The Kier molecular flexibility index (Phi) is 7.18. The van der Waals surface area contributed by atoms with Gasteiger partial charge >= 0.3 is 0 Å². The van der Waals surface area contributed by atoms with Crippen molar-refractivity contribution in [1.82, 2.24) is 15.1 Å². The molecule has 0 amide bonds. The largest absolute Gasteiger partial charge is 0.369 e. The maximum atomic E-state index is 4.85. The summed E-state index contributed by atoms with van der Waals surface area (Å²) in [7, 11) is 0. The predicted octanol–water partition coefficient (Wildman–Crippen LogP) is 2.57. The number of hydrogen-bond acceptors (Lipinski definition) is 3. The monoisotopic (exact) mass is 357 g/mol. The second kappa shape index (κ2) is 9.81. The number of nitrogens with one attached hydrogen (secondary N) is 1. The van der Waals surface area contributed by atoms with Crippen LogP contribution >= 0.6 is 0 Å². The SMILES string of the molecule is CCNC(=NCCCN1CCN(c2cccc(C)c2)CC1)N1CCCC1. The molecule has 2 saturated heterocycles. The molecule has 0 saturated carbocycles. The normalized spacial score (nSPS) is 19.2. The van der Waals surface area contributed by atoms with Crippen LogP contribution in [0.5, 0.6) is 0 Å². The lowest BCUT2D eigenvalue weighted by Crippen LogP contribution is -2.46. The minimum Gasteiger partial charge on any atom is -0.369 e. The van der Waals surface area contributed by atoms with E-state index in [1.165, 1.54) is 24.1 Å². The van der Waals surface area contributed by atoms with Crippen LogP contribution < -0.4 is 10.2 Å². The van der Waals surface area contributed by atoms with Gasteiger partial charge in [0.2, 0.25) is 0 Å². The summed E-state index contributed by atoms with van der Waals surface area (Å²) in [5, 5.41) is 3.45. The summed E-state index contributed by atoms with van der Waals surface area (Å²) in [6.45, 7) is 14.3. The number of guanidine groups is 1. The van der Waals surface area contributed by atoms with Crippen LogP contribution in [0.3, 0.4) is 0 Å². The molecule has 1 N–H and O–H groups in total. The zero-order valence-corrected chi connectivity index (χ0v) is 16.6. The molecule has 0 aliphatic carbocycles. The molecule has 1 aromatic rings. The molecule has 0 aromatic heterocycles. The van der Waals surface area contributed by atoms with Crippen molar-refractivity contribution in [2.45, 2.75) is 33.1 Å². The average molecular weight is 358 g/mol. The van der Waals surface area contributed by atoms with Crippen LogP contribution in [0.25, 0.3) is 0 Å². The summed E-state index contributed by atoms with van der Waals surface area (Å²) >= 11 is 0. The summed E-state index contributed by atoms with van der Waals surface area (Å²) in [6, 6.07) is 8.87. The van der Waals surface area contributed by atoms with Crippen LogP contribution in [-0.2, 0) is 0 Å². The van der Waals surface area contributed by atoms with E-state index in [1.807, 2.05) is 0 Å². The molecule has 0 atom stereocenters. The third-order valence-corrected chi connectivity index (χ3v) is 5.37. The highest BCUT2D eigenvalue weighted by Gasteiger charge is 2.17. The molecule has 3 rings (SSSR count). The number of piperazine rings is 1. The van der Waals surface area contributed by atoms with Gasteiger partial charge in [-0.1, -0.05) is 12.1 Å². The number of hydrogen-bond donors (Lipinski definition) is 1. The van der Waals surface area contributed by atoms with E-state index in [0.29, 0.717) is 0 Å². The van der Waals surface area contributed by atoms with Gasteiger partial charge in [0.1, 0.15) is 0 Å². The van der Waals surface area contributed by atoms with Crippen molar-refractivity contribution < 1.29 is 0 Å². The van der Waals surface area contributed by atoms with E-state index in [1.54, 1.807) is 0 Å². The smallest absolute Gasteiger partial charge is 0.193 e. The number of benzene rings is 1. The van der Waals surface area contributed by atoms with Crippen LogP contribution in [0.15, 0.2) is 29.3 Å². The number of nitrogens with zero attached hydrogens (tertiary/aromatic N) is 4. The molecule has 0 bridgehead atoms. The van der Waals surface area contributed by atoms with Gasteiger partial charge in [-0.25, -0.2) is 0 Å².